The summed E-state index contributed by atoms with van der Waals surface area (Å²) in [6.45, 7) is 11.3. The number of hydrogen-bond acceptors (Lipinski definition) is 6. The van der Waals surface area contributed by atoms with Crippen molar-refractivity contribution in [2.75, 3.05) is 24.5 Å². The molecule has 1 aromatic carbocycles. The van der Waals surface area contributed by atoms with Gasteiger partial charge in [-0.15, -0.1) is 0 Å². The number of benzene rings is 1. The highest BCUT2D eigenvalue weighted by atomic mass is 16.6. The topological polar surface area (TPSA) is 99.7 Å². The number of nitro benzene ring substituents is 1. The second-order valence-corrected chi connectivity index (χ2v) is 8.75. The van der Waals surface area contributed by atoms with Gasteiger partial charge >= 0.3 is 6.09 Å². The monoisotopic (exact) mass is 402 g/mol. The number of nitro groups is 1. The number of rotatable bonds is 5. The molecule has 8 nitrogen and oxygen atoms in total. The van der Waals surface area contributed by atoms with E-state index in [0.717, 1.165) is 12.8 Å². The molecule has 1 aliphatic heterocycles. The standard InChI is InChI=1S/C21H30N4O4/c1-15(2)24(20(26)29-21(3,4)5)14-17-7-6-10-23(13-17)18-9-8-16(12-22)11-19(18)25(27)28/h8-9,11,15,17H,6-7,10,13-14H2,1-5H3/t17-/m1/s1. The van der Waals surface area contributed by atoms with Gasteiger partial charge in [0, 0.05) is 31.7 Å². The maximum Gasteiger partial charge on any atom is 0.410 e. The van der Waals surface area contributed by atoms with E-state index in [0.29, 0.717) is 25.3 Å². The molecule has 8 heteroatoms. The number of nitriles is 1. The third kappa shape index (κ3) is 6.08. The van der Waals surface area contributed by atoms with E-state index < -0.39 is 10.5 Å². The van der Waals surface area contributed by atoms with Crippen LogP contribution in [-0.4, -0.2) is 47.2 Å². The first-order valence-corrected chi connectivity index (χ1v) is 9.95. The van der Waals surface area contributed by atoms with E-state index in [1.165, 1.54) is 6.07 Å². The number of nitrogens with zero attached hydrogens (tertiary/aromatic N) is 4. The Morgan fingerprint density at radius 2 is 2.14 bits per heavy atom. The number of hydrogen-bond donors (Lipinski definition) is 0. The molecule has 1 saturated heterocycles. The zero-order valence-electron chi connectivity index (χ0n) is 17.8. The molecule has 0 spiro atoms. The van der Waals surface area contributed by atoms with Gasteiger partial charge in [-0.3, -0.25) is 10.1 Å². The zero-order chi connectivity index (χ0) is 21.8. The first kappa shape index (κ1) is 22.5. The molecule has 1 fully saturated rings. The van der Waals surface area contributed by atoms with Gasteiger partial charge in [-0.05, 0) is 65.5 Å². The first-order valence-electron chi connectivity index (χ1n) is 9.95. The molecule has 0 aliphatic carbocycles. The van der Waals surface area contributed by atoms with Gasteiger partial charge in [-0.1, -0.05) is 0 Å². The van der Waals surface area contributed by atoms with Crippen molar-refractivity contribution in [3.63, 3.8) is 0 Å². The van der Waals surface area contributed by atoms with E-state index in [-0.39, 0.29) is 29.3 Å². The van der Waals surface area contributed by atoms with E-state index in [1.807, 2.05) is 45.6 Å². The molecule has 1 aliphatic rings. The van der Waals surface area contributed by atoms with Crippen LogP contribution in [-0.2, 0) is 4.74 Å². The Hall–Kier alpha value is -2.82. The molecule has 158 valence electrons. The van der Waals surface area contributed by atoms with Crippen LogP contribution in [0.4, 0.5) is 16.2 Å². The molecule has 1 heterocycles. The fourth-order valence-electron chi connectivity index (χ4n) is 3.53. The summed E-state index contributed by atoms with van der Waals surface area (Å²) in [6.07, 6.45) is 1.48. The van der Waals surface area contributed by atoms with Crippen molar-refractivity contribution in [3.05, 3.63) is 33.9 Å². The summed E-state index contributed by atoms with van der Waals surface area (Å²) in [7, 11) is 0. The second-order valence-electron chi connectivity index (χ2n) is 8.75. The van der Waals surface area contributed by atoms with Crippen LogP contribution in [0.25, 0.3) is 0 Å². The highest BCUT2D eigenvalue weighted by Crippen LogP contribution is 2.33. The van der Waals surface area contributed by atoms with Crippen LogP contribution in [0.15, 0.2) is 18.2 Å². The van der Waals surface area contributed by atoms with E-state index in [2.05, 4.69) is 0 Å². The van der Waals surface area contributed by atoms with Crippen molar-refractivity contribution in [3.8, 4) is 6.07 Å². The fourth-order valence-corrected chi connectivity index (χ4v) is 3.53. The minimum Gasteiger partial charge on any atom is -0.444 e. The fraction of sp³-hybridized carbons (Fsp3) is 0.619. The minimum atomic E-state index is -0.564. The lowest BCUT2D eigenvalue weighted by Gasteiger charge is -2.38. The van der Waals surface area contributed by atoms with Crippen molar-refractivity contribution < 1.29 is 14.5 Å². The minimum absolute atomic E-state index is 0.00975. The Kier molecular flexibility index (Phi) is 7.07. The molecule has 0 unspecified atom stereocenters. The van der Waals surface area contributed by atoms with Crippen LogP contribution in [0.3, 0.4) is 0 Å². The van der Waals surface area contributed by atoms with Crippen LogP contribution >= 0.6 is 0 Å². The molecular formula is C21H30N4O4. The third-order valence-electron chi connectivity index (χ3n) is 4.87. The van der Waals surface area contributed by atoms with Crippen molar-refractivity contribution in [1.29, 1.82) is 5.26 Å². The van der Waals surface area contributed by atoms with E-state index in [1.54, 1.807) is 17.0 Å². The van der Waals surface area contributed by atoms with Crippen molar-refractivity contribution in [2.45, 2.75) is 59.1 Å². The average molecular weight is 402 g/mol. The summed E-state index contributed by atoms with van der Waals surface area (Å²) < 4.78 is 5.54. The van der Waals surface area contributed by atoms with Gasteiger partial charge in [-0.2, -0.15) is 5.26 Å². The van der Waals surface area contributed by atoms with Crippen molar-refractivity contribution in [2.24, 2.45) is 5.92 Å². The summed E-state index contributed by atoms with van der Waals surface area (Å²) in [6, 6.07) is 6.51. The van der Waals surface area contributed by atoms with Crippen LogP contribution < -0.4 is 4.90 Å². The number of anilines is 1. The summed E-state index contributed by atoms with van der Waals surface area (Å²) in [5.41, 5.74) is 0.167. The molecule has 0 bridgehead atoms. The Morgan fingerprint density at radius 1 is 1.45 bits per heavy atom. The third-order valence-corrected chi connectivity index (χ3v) is 4.87. The SMILES string of the molecule is CC(C)N(C[C@@H]1CCCN(c2ccc(C#N)cc2[N+](=O)[O-])C1)C(=O)OC(C)(C)C. The van der Waals surface area contributed by atoms with Gasteiger partial charge in [-0.25, -0.2) is 4.79 Å². The summed E-state index contributed by atoms with van der Waals surface area (Å²) >= 11 is 0. The number of carbonyl (C=O) groups is 1. The molecule has 0 aromatic heterocycles. The maximum atomic E-state index is 12.6. The predicted octanol–water partition coefficient (Wildman–Crippen LogP) is 4.33. The molecule has 0 saturated carbocycles. The lowest BCUT2D eigenvalue weighted by Crippen LogP contribution is -2.47. The first-order chi connectivity index (χ1) is 13.5. The van der Waals surface area contributed by atoms with E-state index in [4.69, 9.17) is 10.00 Å². The van der Waals surface area contributed by atoms with Gasteiger partial charge < -0.3 is 14.5 Å². The summed E-state index contributed by atoms with van der Waals surface area (Å²) in [5.74, 6) is 0.175. The molecule has 2 rings (SSSR count). The molecule has 0 radical (unpaired) electrons. The summed E-state index contributed by atoms with van der Waals surface area (Å²) in [5, 5.41) is 20.5. The maximum absolute atomic E-state index is 12.6. The smallest absolute Gasteiger partial charge is 0.410 e. The Morgan fingerprint density at radius 3 is 2.69 bits per heavy atom. The normalized spacial score (nSPS) is 17.0. The van der Waals surface area contributed by atoms with Gasteiger partial charge in [0.2, 0.25) is 0 Å². The largest absolute Gasteiger partial charge is 0.444 e. The molecule has 1 amide bonds. The number of amides is 1. The number of ether oxygens (including phenoxy) is 1. The van der Waals surface area contributed by atoms with Gasteiger partial charge in [0.25, 0.3) is 5.69 Å². The lowest BCUT2D eigenvalue weighted by atomic mass is 9.96. The predicted molar refractivity (Wildman–Crippen MR) is 111 cm³/mol. The highest BCUT2D eigenvalue weighted by molar-refractivity contribution is 5.68. The van der Waals surface area contributed by atoms with Crippen LogP contribution in [0.5, 0.6) is 0 Å². The Balaban J connectivity index is 2.17. The van der Waals surface area contributed by atoms with Crippen LogP contribution in [0, 0.1) is 27.4 Å². The number of carbonyl (C=O) groups excluding carboxylic acids is 1. The van der Waals surface area contributed by atoms with Gasteiger partial charge in [0.05, 0.1) is 16.6 Å². The molecule has 1 aromatic rings. The Labute approximate surface area is 172 Å². The lowest BCUT2D eigenvalue weighted by molar-refractivity contribution is -0.384. The second kappa shape index (κ2) is 9.12. The van der Waals surface area contributed by atoms with Crippen molar-refractivity contribution >= 4 is 17.5 Å². The summed E-state index contributed by atoms with van der Waals surface area (Å²) in [4.78, 5) is 27.4. The number of piperidine rings is 1. The van der Waals surface area contributed by atoms with Gasteiger partial charge in [0.1, 0.15) is 11.3 Å². The molecular weight excluding hydrogens is 372 g/mol. The average Bonchev–Trinajstić information content (AvgIpc) is 2.64. The van der Waals surface area contributed by atoms with Crippen LogP contribution in [0.1, 0.15) is 53.0 Å². The van der Waals surface area contributed by atoms with E-state index >= 15 is 0 Å². The van der Waals surface area contributed by atoms with Gasteiger partial charge in [0.15, 0.2) is 0 Å². The molecule has 0 N–H and O–H groups in total. The van der Waals surface area contributed by atoms with Crippen molar-refractivity contribution in [1.82, 2.24) is 4.90 Å². The van der Waals surface area contributed by atoms with E-state index in [9.17, 15) is 14.9 Å². The quantitative estimate of drug-likeness (QED) is 0.537. The molecule has 29 heavy (non-hydrogen) atoms. The molecule has 1 atom stereocenters. The zero-order valence-corrected chi connectivity index (χ0v) is 17.8. The highest BCUT2D eigenvalue weighted by Gasteiger charge is 2.30. The van der Waals surface area contributed by atoms with Crippen LogP contribution in [0.2, 0.25) is 0 Å². The Bertz CT molecular complexity index is 795.